The van der Waals surface area contributed by atoms with Crippen molar-refractivity contribution in [1.82, 2.24) is 0 Å². The minimum Gasteiger partial charge on any atom is -0.235 e. The zero-order valence-electron chi connectivity index (χ0n) is 4.95. The largest absolute Gasteiger partial charge is 0.397 e. The lowest BCUT2D eigenvalue weighted by molar-refractivity contribution is 0.171. The Labute approximate surface area is 58.6 Å². The van der Waals surface area contributed by atoms with Crippen molar-refractivity contribution in [2.24, 2.45) is 0 Å². The topological polar surface area (TPSA) is 9.23 Å². The molecule has 0 saturated carbocycles. The van der Waals surface area contributed by atoms with E-state index in [2.05, 4.69) is 4.18 Å². The summed E-state index contributed by atoms with van der Waals surface area (Å²) in [5, 5.41) is 0. The van der Waals surface area contributed by atoms with E-state index in [1.807, 2.05) is 0 Å². The van der Waals surface area contributed by atoms with Crippen LogP contribution in [-0.2, 0) is 4.18 Å². The third-order valence-electron chi connectivity index (χ3n) is 0.476. The average Bonchev–Trinajstić information content (AvgIpc) is 1.59. The van der Waals surface area contributed by atoms with Crippen LogP contribution in [-0.4, -0.2) is 6.61 Å². The van der Waals surface area contributed by atoms with E-state index in [0.29, 0.717) is 0 Å². The van der Waals surface area contributed by atoms with Crippen LogP contribution in [0.25, 0.3) is 0 Å². The van der Waals surface area contributed by atoms with Gasteiger partial charge in [0.25, 0.3) is 0 Å². The van der Waals surface area contributed by atoms with Gasteiger partial charge in [0.15, 0.2) is 0 Å². The number of halogens is 6. The smallest absolute Gasteiger partial charge is 0.235 e. The Bertz CT molecular complexity index is 165. The van der Waals surface area contributed by atoms with Crippen molar-refractivity contribution in [2.75, 3.05) is 6.61 Å². The van der Waals surface area contributed by atoms with Crippen LogP contribution in [0.4, 0.5) is 23.8 Å². The standard InChI is InChI=1S/C3H4F6OS/c4-2-1-3-10-11(5,6,7,8)9/h1-2H,3H2. The lowest BCUT2D eigenvalue weighted by Gasteiger charge is -2.38. The van der Waals surface area contributed by atoms with E-state index in [-0.39, 0.29) is 12.4 Å². The first kappa shape index (κ1) is 10.6. The first-order chi connectivity index (χ1) is 4.54. The molecular formula is C3H4F6OS. The van der Waals surface area contributed by atoms with Gasteiger partial charge in [-0.05, 0) is 6.08 Å². The molecule has 11 heavy (non-hydrogen) atoms. The predicted octanol–water partition coefficient (Wildman–Crippen LogP) is 3.70. The Hall–Kier alpha value is -0.370. The van der Waals surface area contributed by atoms with E-state index < -0.39 is 17.1 Å². The molecule has 0 aromatic carbocycles. The third-order valence-corrected chi connectivity index (χ3v) is 1.06. The summed E-state index contributed by atoms with van der Waals surface area (Å²) in [6.45, 7) is -1.52. The average molecular weight is 202 g/mol. The zero-order valence-corrected chi connectivity index (χ0v) is 5.76. The van der Waals surface area contributed by atoms with E-state index >= 15 is 0 Å². The van der Waals surface area contributed by atoms with Gasteiger partial charge in [-0.3, -0.25) is 0 Å². The second kappa shape index (κ2) is 2.07. The van der Waals surface area contributed by atoms with Gasteiger partial charge in [0.05, 0.1) is 12.9 Å². The number of hydrogen-bond donors (Lipinski definition) is 0. The molecule has 70 valence electrons. The highest BCUT2D eigenvalue weighted by atomic mass is 32.5. The Morgan fingerprint density at radius 3 is 1.82 bits per heavy atom. The van der Waals surface area contributed by atoms with Crippen LogP contribution in [0.2, 0.25) is 0 Å². The summed E-state index contributed by atoms with van der Waals surface area (Å²) in [7, 11) is -9.79. The minimum absolute atomic E-state index is 0.178. The van der Waals surface area contributed by atoms with Gasteiger partial charge in [-0.1, -0.05) is 19.4 Å². The van der Waals surface area contributed by atoms with Gasteiger partial charge in [0.2, 0.25) is 0 Å². The molecule has 0 N–H and O–H groups in total. The van der Waals surface area contributed by atoms with Crippen LogP contribution in [0.15, 0.2) is 12.4 Å². The fourth-order valence-corrected chi connectivity index (χ4v) is 0.540. The van der Waals surface area contributed by atoms with Crippen LogP contribution < -0.4 is 0 Å². The molecule has 0 amide bonds. The van der Waals surface area contributed by atoms with Gasteiger partial charge < -0.3 is 0 Å². The normalized spacial score (nSPS) is 19.8. The van der Waals surface area contributed by atoms with Crippen molar-refractivity contribution in [3.8, 4) is 0 Å². The van der Waals surface area contributed by atoms with Crippen LogP contribution in [0, 0.1) is 0 Å². The van der Waals surface area contributed by atoms with Gasteiger partial charge in [0.1, 0.15) is 0 Å². The van der Waals surface area contributed by atoms with Crippen molar-refractivity contribution in [3.63, 3.8) is 0 Å². The summed E-state index contributed by atoms with van der Waals surface area (Å²) >= 11 is 0. The molecule has 8 heteroatoms. The van der Waals surface area contributed by atoms with E-state index in [1.54, 1.807) is 0 Å². The van der Waals surface area contributed by atoms with Crippen LogP contribution in [0.1, 0.15) is 0 Å². The number of hydrogen-bond acceptors (Lipinski definition) is 1. The third kappa shape index (κ3) is 9.63. The maximum atomic E-state index is 11.2. The minimum atomic E-state index is -9.79. The molecule has 0 saturated heterocycles. The monoisotopic (exact) mass is 202 g/mol. The molecule has 0 fully saturated rings. The first-order valence-corrected chi connectivity index (χ1v) is 4.06. The van der Waals surface area contributed by atoms with Gasteiger partial charge in [0, 0.05) is 0 Å². The zero-order chi connectivity index (χ0) is 9.24. The molecule has 0 aromatic heterocycles. The molecule has 1 nitrogen and oxygen atoms in total. The Kier molecular flexibility index (Phi) is 2.00. The van der Waals surface area contributed by atoms with Gasteiger partial charge in [-0.2, -0.15) is 0 Å². The molecule has 0 heterocycles. The maximum absolute atomic E-state index is 11.2. The summed E-state index contributed by atoms with van der Waals surface area (Å²) in [6, 6.07) is 0. The molecule has 0 aliphatic rings. The fraction of sp³-hybridized carbons (Fsp3) is 0.333. The van der Waals surface area contributed by atoms with Crippen LogP contribution in [0.5, 0.6) is 0 Å². The van der Waals surface area contributed by atoms with Crippen molar-refractivity contribution in [3.05, 3.63) is 12.4 Å². The first-order valence-electron chi connectivity index (χ1n) is 2.19. The summed E-state index contributed by atoms with van der Waals surface area (Å²) in [5.41, 5.74) is 0. The van der Waals surface area contributed by atoms with Crippen molar-refractivity contribution >= 4 is 10.5 Å². The van der Waals surface area contributed by atoms with Crippen molar-refractivity contribution in [1.29, 1.82) is 0 Å². The summed E-state index contributed by atoms with van der Waals surface area (Å²) in [4.78, 5) is 0. The molecule has 0 aromatic rings. The van der Waals surface area contributed by atoms with Crippen molar-refractivity contribution < 1.29 is 28.0 Å². The molecule has 0 unspecified atom stereocenters. The summed E-state index contributed by atoms with van der Waals surface area (Å²) in [5.74, 6) is 0. The Balaban J connectivity index is 4.16. The molecule has 0 atom stereocenters. The summed E-state index contributed by atoms with van der Waals surface area (Å²) < 4.78 is 69.1. The maximum Gasteiger partial charge on any atom is 0.397 e. The highest BCUT2D eigenvalue weighted by molar-refractivity contribution is 8.42. The quantitative estimate of drug-likeness (QED) is 0.634. The second-order valence-corrected chi connectivity index (χ2v) is 3.58. The molecule has 0 aliphatic heterocycles. The molecular weight excluding hydrogens is 198 g/mol. The molecule has 0 aliphatic carbocycles. The molecule has 0 rings (SSSR count). The van der Waals surface area contributed by atoms with Gasteiger partial charge >= 0.3 is 10.5 Å². The highest BCUT2D eigenvalue weighted by Gasteiger charge is 2.65. The Morgan fingerprint density at radius 2 is 1.55 bits per heavy atom. The number of rotatable bonds is 3. The molecule has 0 spiro atoms. The summed E-state index contributed by atoms with van der Waals surface area (Å²) in [6.07, 6.45) is -0.137. The van der Waals surface area contributed by atoms with Crippen LogP contribution >= 0.6 is 10.5 Å². The molecule has 0 radical (unpaired) electrons. The SMILES string of the molecule is FC=CCOS(F)(F)(F)(F)F. The van der Waals surface area contributed by atoms with Crippen LogP contribution in [0.3, 0.4) is 0 Å². The lowest BCUT2D eigenvalue weighted by Crippen LogP contribution is -2.10. The second-order valence-electron chi connectivity index (χ2n) is 1.54. The van der Waals surface area contributed by atoms with Crippen molar-refractivity contribution in [2.45, 2.75) is 0 Å². The fourth-order valence-electron chi connectivity index (χ4n) is 0.204. The van der Waals surface area contributed by atoms with E-state index in [9.17, 15) is 23.8 Å². The highest BCUT2D eigenvalue weighted by Crippen LogP contribution is 2.98. The van der Waals surface area contributed by atoms with Gasteiger partial charge in [-0.25, -0.2) is 8.57 Å². The Morgan fingerprint density at radius 1 is 1.09 bits per heavy atom. The lowest BCUT2D eigenvalue weighted by atomic mass is 10.7. The van der Waals surface area contributed by atoms with E-state index in [4.69, 9.17) is 0 Å². The van der Waals surface area contributed by atoms with E-state index in [1.165, 1.54) is 0 Å². The predicted molar refractivity (Wildman–Crippen MR) is 29.3 cm³/mol. The van der Waals surface area contributed by atoms with Gasteiger partial charge in [-0.15, -0.1) is 0 Å². The molecule has 0 bridgehead atoms. The van der Waals surface area contributed by atoms with E-state index in [0.717, 1.165) is 0 Å².